The van der Waals surface area contributed by atoms with Crippen molar-refractivity contribution in [2.24, 2.45) is 0 Å². The molecule has 1 aromatic carbocycles. The molecule has 1 aromatic rings. The SMILES string of the molecule is COCCC(=O)NN(C[C]=O)C(=O)C=Cc1ccccc1. The molecule has 0 atom stereocenters. The fourth-order valence-corrected chi connectivity index (χ4v) is 1.46. The summed E-state index contributed by atoms with van der Waals surface area (Å²) in [5.41, 5.74) is 3.18. The summed E-state index contributed by atoms with van der Waals surface area (Å²) in [4.78, 5) is 33.9. The normalized spacial score (nSPS) is 10.3. The number of hydrogen-bond acceptors (Lipinski definition) is 4. The van der Waals surface area contributed by atoms with Crippen LogP contribution in [0.3, 0.4) is 0 Å². The molecule has 6 heteroatoms. The topological polar surface area (TPSA) is 75.7 Å². The van der Waals surface area contributed by atoms with Gasteiger partial charge in [-0.1, -0.05) is 30.3 Å². The van der Waals surface area contributed by atoms with Crippen molar-refractivity contribution in [1.29, 1.82) is 0 Å². The van der Waals surface area contributed by atoms with E-state index in [9.17, 15) is 14.4 Å². The molecule has 0 bridgehead atoms. The fourth-order valence-electron chi connectivity index (χ4n) is 1.46. The average Bonchev–Trinajstić information content (AvgIpc) is 2.51. The molecule has 0 aliphatic rings. The van der Waals surface area contributed by atoms with Gasteiger partial charge in [-0.05, 0) is 11.6 Å². The number of nitrogens with zero attached hydrogens (tertiary/aromatic N) is 1. The van der Waals surface area contributed by atoms with E-state index in [1.807, 2.05) is 30.3 Å². The van der Waals surface area contributed by atoms with Gasteiger partial charge < -0.3 is 4.74 Å². The van der Waals surface area contributed by atoms with Gasteiger partial charge in [-0.25, -0.2) is 5.01 Å². The summed E-state index contributed by atoms with van der Waals surface area (Å²) in [6.07, 6.45) is 4.56. The van der Waals surface area contributed by atoms with Crippen LogP contribution in [0.1, 0.15) is 12.0 Å². The van der Waals surface area contributed by atoms with Crippen molar-refractivity contribution in [3.8, 4) is 0 Å². The summed E-state index contributed by atoms with van der Waals surface area (Å²) in [5.74, 6) is -0.915. The first kappa shape index (κ1) is 16.6. The highest BCUT2D eigenvalue weighted by molar-refractivity contribution is 5.94. The van der Waals surface area contributed by atoms with E-state index < -0.39 is 11.8 Å². The molecule has 1 rings (SSSR count). The molecule has 0 aromatic heterocycles. The number of amides is 2. The van der Waals surface area contributed by atoms with E-state index in [4.69, 9.17) is 4.74 Å². The van der Waals surface area contributed by atoms with E-state index in [2.05, 4.69) is 5.43 Å². The van der Waals surface area contributed by atoms with Gasteiger partial charge in [-0.2, -0.15) is 0 Å². The monoisotopic (exact) mass is 289 g/mol. The van der Waals surface area contributed by atoms with Crippen LogP contribution < -0.4 is 5.43 Å². The number of methoxy groups -OCH3 is 1. The largest absolute Gasteiger partial charge is 0.384 e. The second-order valence-electron chi connectivity index (χ2n) is 4.09. The second-order valence-corrected chi connectivity index (χ2v) is 4.09. The van der Waals surface area contributed by atoms with E-state index in [1.54, 1.807) is 12.4 Å². The average molecular weight is 289 g/mol. The summed E-state index contributed by atoms with van der Waals surface area (Å²) < 4.78 is 4.76. The molecule has 0 fully saturated rings. The maximum Gasteiger partial charge on any atom is 0.265 e. The molecular formula is C15H17N2O4. The molecule has 0 saturated heterocycles. The van der Waals surface area contributed by atoms with Crippen molar-refractivity contribution in [3.63, 3.8) is 0 Å². The molecule has 21 heavy (non-hydrogen) atoms. The standard InChI is InChI=1S/C15H17N2O4/c1-21-12-9-14(19)16-17(10-11-18)15(20)8-7-13-5-3-2-4-6-13/h2-8H,9-10,12H2,1H3,(H,16,19). The minimum absolute atomic E-state index is 0.0987. The van der Waals surface area contributed by atoms with Crippen LogP contribution in [0.5, 0.6) is 0 Å². The lowest BCUT2D eigenvalue weighted by molar-refractivity contribution is -0.137. The first-order valence-electron chi connectivity index (χ1n) is 6.35. The van der Waals surface area contributed by atoms with E-state index in [1.165, 1.54) is 13.2 Å². The van der Waals surface area contributed by atoms with Gasteiger partial charge in [0, 0.05) is 13.2 Å². The first-order valence-corrected chi connectivity index (χ1v) is 6.35. The van der Waals surface area contributed by atoms with E-state index in [0.29, 0.717) is 0 Å². The number of hydrogen-bond donors (Lipinski definition) is 1. The number of ether oxygens (including phenoxy) is 1. The van der Waals surface area contributed by atoms with Crippen LogP contribution in [0.15, 0.2) is 36.4 Å². The van der Waals surface area contributed by atoms with Crippen LogP contribution in [-0.4, -0.2) is 43.4 Å². The maximum absolute atomic E-state index is 11.9. The van der Waals surface area contributed by atoms with Crippen LogP contribution >= 0.6 is 0 Å². The Hall–Kier alpha value is -2.47. The van der Waals surface area contributed by atoms with Gasteiger partial charge in [0.25, 0.3) is 5.91 Å². The Bertz CT molecular complexity index is 500. The molecular weight excluding hydrogens is 272 g/mol. The third-order valence-corrected chi connectivity index (χ3v) is 2.50. The highest BCUT2D eigenvalue weighted by Crippen LogP contribution is 2.01. The Kier molecular flexibility index (Phi) is 7.45. The summed E-state index contributed by atoms with van der Waals surface area (Å²) in [7, 11) is 1.47. The second kappa shape index (κ2) is 9.44. The minimum Gasteiger partial charge on any atom is -0.384 e. The highest BCUT2D eigenvalue weighted by Gasteiger charge is 2.13. The van der Waals surface area contributed by atoms with Gasteiger partial charge >= 0.3 is 0 Å². The predicted molar refractivity (Wildman–Crippen MR) is 77.5 cm³/mol. The van der Waals surface area contributed by atoms with E-state index in [0.717, 1.165) is 10.6 Å². The lowest BCUT2D eigenvalue weighted by Gasteiger charge is -2.18. The van der Waals surface area contributed by atoms with Crippen molar-refractivity contribution < 1.29 is 19.1 Å². The summed E-state index contributed by atoms with van der Waals surface area (Å²) in [5, 5.41) is 0.907. The zero-order chi connectivity index (χ0) is 15.5. The van der Waals surface area contributed by atoms with Crippen molar-refractivity contribution in [2.45, 2.75) is 6.42 Å². The van der Waals surface area contributed by atoms with Crippen LogP contribution in [0.4, 0.5) is 0 Å². The van der Waals surface area contributed by atoms with Crippen LogP contribution in [0.2, 0.25) is 0 Å². The molecule has 1 N–H and O–H groups in total. The third kappa shape index (κ3) is 6.49. The van der Waals surface area contributed by atoms with Gasteiger partial charge in [-0.3, -0.25) is 19.8 Å². The molecule has 6 nitrogen and oxygen atoms in total. The van der Waals surface area contributed by atoms with Gasteiger partial charge in [0.15, 0.2) is 0 Å². The molecule has 0 aliphatic heterocycles. The van der Waals surface area contributed by atoms with Crippen molar-refractivity contribution >= 4 is 24.2 Å². The number of carbonyl (C=O) groups excluding carboxylic acids is 3. The summed E-state index contributed by atoms with van der Waals surface area (Å²) >= 11 is 0. The predicted octanol–water partition coefficient (Wildman–Crippen LogP) is 0.706. The number of nitrogens with one attached hydrogen (secondary N) is 1. The minimum atomic E-state index is -0.507. The Morgan fingerprint density at radius 2 is 2.05 bits per heavy atom. The van der Waals surface area contributed by atoms with Crippen LogP contribution in [0, 0.1) is 0 Å². The van der Waals surface area contributed by atoms with Gasteiger partial charge in [0.2, 0.25) is 12.2 Å². The Morgan fingerprint density at radius 3 is 2.67 bits per heavy atom. The molecule has 0 aliphatic carbocycles. The molecule has 111 valence electrons. The zero-order valence-electron chi connectivity index (χ0n) is 11.7. The van der Waals surface area contributed by atoms with E-state index in [-0.39, 0.29) is 19.6 Å². The molecule has 1 radical (unpaired) electrons. The Balaban J connectivity index is 2.62. The molecule has 0 saturated carbocycles. The number of rotatable bonds is 7. The maximum atomic E-state index is 11.9. The van der Waals surface area contributed by atoms with E-state index >= 15 is 0 Å². The molecule has 0 heterocycles. The van der Waals surface area contributed by atoms with Crippen LogP contribution in [0.25, 0.3) is 6.08 Å². The molecule has 2 amide bonds. The zero-order valence-corrected chi connectivity index (χ0v) is 11.7. The Morgan fingerprint density at radius 1 is 1.33 bits per heavy atom. The van der Waals surface area contributed by atoms with Crippen molar-refractivity contribution in [1.82, 2.24) is 10.4 Å². The summed E-state index contributed by atoms with van der Waals surface area (Å²) in [6, 6.07) is 9.21. The highest BCUT2D eigenvalue weighted by atomic mass is 16.5. The van der Waals surface area contributed by atoms with Gasteiger partial charge in [0.1, 0.15) is 6.54 Å². The Labute approximate surface area is 123 Å². The number of carbonyl (C=O) groups is 2. The van der Waals surface area contributed by atoms with Gasteiger partial charge in [-0.15, -0.1) is 0 Å². The summed E-state index contributed by atoms with van der Waals surface area (Å²) in [6.45, 7) is -0.102. The number of hydrazine groups is 1. The van der Waals surface area contributed by atoms with Gasteiger partial charge in [0.05, 0.1) is 13.0 Å². The quantitative estimate of drug-likeness (QED) is 0.592. The lowest BCUT2D eigenvalue weighted by atomic mass is 10.2. The van der Waals surface area contributed by atoms with Crippen LogP contribution in [-0.2, 0) is 19.1 Å². The van der Waals surface area contributed by atoms with Crippen molar-refractivity contribution in [2.75, 3.05) is 20.3 Å². The first-order chi connectivity index (χ1) is 10.2. The lowest BCUT2D eigenvalue weighted by Crippen LogP contribution is -2.46. The molecule has 0 spiro atoms. The third-order valence-electron chi connectivity index (χ3n) is 2.50. The smallest absolute Gasteiger partial charge is 0.265 e. The molecule has 0 unspecified atom stereocenters. The fraction of sp³-hybridized carbons (Fsp3) is 0.267. The van der Waals surface area contributed by atoms with Crippen molar-refractivity contribution in [3.05, 3.63) is 42.0 Å². The number of benzene rings is 1.